The van der Waals surface area contributed by atoms with Crippen LogP contribution < -0.4 is 0 Å². The molecular weight excluding hydrogens is 364 g/mol. The van der Waals surface area contributed by atoms with Crippen molar-refractivity contribution in [1.29, 1.82) is 0 Å². The second kappa shape index (κ2) is 10.2. The van der Waals surface area contributed by atoms with Crippen molar-refractivity contribution in [3.63, 3.8) is 0 Å². The van der Waals surface area contributed by atoms with Gasteiger partial charge in [-0.15, -0.1) is 0 Å². The summed E-state index contributed by atoms with van der Waals surface area (Å²) >= 11 is 0. The topological polar surface area (TPSA) is 110 Å². The van der Waals surface area contributed by atoms with Gasteiger partial charge in [0.05, 0.1) is 9.85 Å². The molecule has 1 aliphatic rings. The molecule has 1 aliphatic heterocycles. The number of non-ortho nitro benzene ring substituents is 2. The molecular formula is C19H22N4O5. The van der Waals surface area contributed by atoms with Crippen molar-refractivity contribution in [2.24, 2.45) is 0 Å². The molecule has 9 heteroatoms. The van der Waals surface area contributed by atoms with Crippen LogP contribution in [0.25, 0.3) is 0 Å². The van der Waals surface area contributed by atoms with E-state index in [2.05, 4.69) is 16.8 Å². The highest BCUT2D eigenvalue weighted by molar-refractivity contribution is 5.75. The Morgan fingerprint density at radius 1 is 0.857 bits per heavy atom. The van der Waals surface area contributed by atoms with E-state index in [1.165, 1.54) is 24.3 Å². The molecule has 0 atom stereocenters. The van der Waals surface area contributed by atoms with Crippen molar-refractivity contribution >= 4 is 17.7 Å². The molecule has 0 saturated carbocycles. The van der Waals surface area contributed by atoms with Crippen LogP contribution in [0.1, 0.15) is 15.9 Å². The maximum absolute atomic E-state index is 10.5. The van der Waals surface area contributed by atoms with Crippen molar-refractivity contribution in [2.75, 3.05) is 33.2 Å². The van der Waals surface area contributed by atoms with Crippen molar-refractivity contribution in [3.8, 4) is 0 Å². The number of piperazine rings is 1. The first kappa shape index (κ1) is 21.1. The van der Waals surface area contributed by atoms with Gasteiger partial charge in [0.1, 0.15) is 6.29 Å². The summed E-state index contributed by atoms with van der Waals surface area (Å²) in [5.74, 6) is 0. The number of hydrogen-bond acceptors (Lipinski definition) is 7. The third-order valence-corrected chi connectivity index (χ3v) is 4.39. The van der Waals surface area contributed by atoms with Crippen LogP contribution in [-0.4, -0.2) is 59.2 Å². The third kappa shape index (κ3) is 6.53. The van der Waals surface area contributed by atoms with Crippen LogP contribution in [0.2, 0.25) is 0 Å². The molecule has 3 rings (SSSR count). The fourth-order valence-electron chi connectivity index (χ4n) is 2.66. The summed E-state index contributed by atoms with van der Waals surface area (Å²) in [6.45, 7) is 5.19. The van der Waals surface area contributed by atoms with E-state index in [0.717, 1.165) is 38.3 Å². The number of nitro groups is 2. The van der Waals surface area contributed by atoms with E-state index >= 15 is 0 Å². The molecule has 148 valence electrons. The van der Waals surface area contributed by atoms with Crippen LogP contribution in [0.15, 0.2) is 48.5 Å². The summed E-state index contributed by atoms with van der Waals surface area (Å²) in [5.41, 5.74) is 1.73. The number of rotatable bonds is 5. The molecule has 0 amide bonds. The average Bonchev–Trinajstić information content (AvgIpc) is 2.70. The molecule has 0 spiro atoms. The highest BCUT2D eigenvalue weighted by atomic mass is 16.6. The lowest BCUT2D eigenvalue weighted by Gasteiger charge is -2.32. The van der Waals surface area contributed by atoms with Gasteiger partial charge in [0.2, 0.25) is 0 Å². The van der Waals surface area contributed by atoms with Gasteiger partial charge in [-0.05, 0) is 24.7 Å². The first-order valence-corrected chi connectivity index (χ1v) is 8.73. The fourth-order valence-corrected chi connectivity index (χ4v) is 2.66. The second-order valence-corrected chi connectivity index (χ2v) is 6.47. The van der Waals surface area contributed by atoms with Crippen molar-refractivity contribution in [2.45, 2.75) is 6.54 Å². The Kier molecular flexibility index (Phi) is 7.73. The summed E-state index contributed by atoms with van der Waals surface area (Å²) in [6.07, 6.45) is 0.643. The van der Waals surface area contributed by atoms with E-state index < -0.39 is 4.92 Å². The van der Waals surface area contributed by atoms with Crippen molar-refractivity contribution in [1.82, 2.24) is 9.80 Å². The molecule has 28 heavy (non-hydrogen) atoms. The molecule has 0 radical (unpaired) electrons. The van der Waals surface area contributed by atoms with Gasteiger partial charge in [0, 0.05) is 62.6 Å². The standard InChI is InChI=1S/C12H17N3O2.C7H5NO3/c1-13-6-8-14(9-7-13)10-11-2-4-12(5-3-11)15(16)17;9-5-6-1-3-7(4-2-6)8(10)11/h2-5H,6-10H2,1H3;1-5H. The first-order valence-electron chi connectivity index (χ1n) is 8.73. The number of carbonyl (C=O) groups excluding carboxylic acids is 1. The minimum absolute atomic E-state index is 0.00407. The van der Waals surface area contributed by atoms with E-state index in [1.54, 1.807) is 12.1 Å². The predicted octanol–water partition coefficient (Wildman–Crippen LogP) is 2.75. The smallest absolute Gasteiger partial charge is 0.269 e. The molecule has 0 aliphatic carbocycles. The zero-order valence-electron chi connectivity index (χ0n) is 15.6. The van der Waals surface area contributed by atoms with Gasteiger partial charge in [-0.2, -0.15) is 0 Å². The lowest BCUT2D eigenvalue weighted by molar-refractivity contribution is -0.385. The summed E-state index contributed by atoms with van der Waals surface area (Å²) < 4.78 is 0. The van der Waals surface area contributed by atoms with Crippen LogP contribution >= 0.6 is 0 Å². The summed E-state index contributed by atoms with van der Waals surface area (Å²) in [6, 6.07) is 12.2. The van der Waals surface area contributed by atoms with Crippen LogP contribution in [0.3, 0.4) is 0 Å². The van der Waals surface area contributed by atoms with Gasteiger partial charge in [0.15, 0.2) is 0 Å². The highest BCUT2D eigenvalue weighted by Crippen LogP contribution is 2.14. The fraction of sp³-hybridized carbons (Fsp3) is 0.316. The van der Waals surface area contributed by atoms with E-state index in [4.69, 9.17) is 0 Å². The quantitative estimate of drug-likeness (QED) is 0.441. The van der Waals surface area contributed by atoms with E-state index in [9.17, 15) is 25.0 Å². The lowest BCUT2D eigenvalue weighted by atomic mass is 10.2. The number of nitrogens with zero attached hydrogens (tertiary/aromatic N) is 4. The van der Waals surface area contributed by atoms with Gasteiger partial charge < -0.3 is 4.90 Å². The monoisotopic (exact) mass is 386 g/mol. The average molecular weight is 386 g/mol. The molecule has 1 saturated heterocycles. The van der Waals surface area contributed by atoms with Gasteiger partial charge in [-0.3, -0.25) is 29.9 Å². The number of aldehydes is 1. The molecule has 2 aromatic carbocycles. The first-order chi connectivity index (χ1) is 13.4. The molecule has 1 fully saturated rings. The number of likely N-dealkylation sites (N-methyl/N-ethyl adjacent to an activating group) is 1. The zero-order valence-corrected chi connectivity index (χ0v) is 15.6. The van der Waals surface area contributed by atoms with E-state index in [1.807, 2.05) is 12.1 Å². The van der Waals surface area contributed by atoms with E-state index in [-0.39, 0.29) is 16.3 Å². The van der Waals surface area contributed by atoms with Gasteiger partial charge >= 0.3 is 0 Å². The van der Waals surface area contributed by atoms with Crippen LogP contribution in [0.5, 0.6) is 0 Å². The van der Waals surface area contributed by atoms with Crippen LogP contribution in [0, 0.1) is 20.2 Å². The largest absolute Gasteiger partial charge is 0.304 e. The molecule has 0 N–H and O–H groups in total. The van der Waals surface area contributed by atoms with Gasteiger partial charge in [-0.1, -0.05) is 12.1 Å². The predicted molar refractivity (Wildman–Crippen MR) is 104 cm³/mol. The molecule has 1 heterocycles. The van der Waals surface area contributed by atoms with Crippen molar-refractivity contribution < 1.29 is 14.6 Å². The molecule has 2 aromatic rings. The Labute approximate surface area is 162 Å². The summed E-state index contributed by atoms with van der Waals surface area (Å²) in [4.78, 5) is 34.6. The molecule has 0 bridgehead atoms. The maximum atomic E-state index is 10.5. The molecule has 0 unspecified atom stereocenters. The Hall–Kier alpha value is -3.17. The highest BCUT2D eigenvalue weighted by Gasteiger charge is 2.14. The Balaban J connectivity index is 0.000000221. The SMILES string of the molecule is CN1CCN(Cc2ccc([N+](=O)[O-])cc2)CC1.O=Cc1ccc([N+](=O)[O-])cc1. The number of carbonyl (C=O) groups is 1. The Morgan fingerprint density at radius 2 is 1.32 bits per heavy atom. The molecule has 9 nitrogen and oxygen atoms in total. The van der Waals surface area contributed by atoms with Gasteiger partial charge in [0.25, 0.3) is 11.4 Å². The minimum Gasteiger partial charge on any atom is -0.304 e. The third-order valence-electron chi connectivity index (χ3n) is 4.39. The van der Waals surface area contributed by atoms with Crippen LogP contribution in [-0.2, 0) is 6.54 Å². The minimum atomic E-state index is -0.505. The summed E-state index contributed by atoms with van der Waals surface area (Å²) in [7, 11) is 2.13. The van der Waals surface area contributed by atoms with Crippen molar-refractivity contribution in [3.05, 3.63) is 79.9 Å². The normalized spacial score (nSPS) is 14.6. The Morgan fingerprint density at radius 3 is 1.75 bits per heavy atom. The van der Waals surface area contributed by atoms with Crippen LogP contribution in [0.4, 0.5) is 11.4 Å². The zero-order chi connectivity index (χ0) is 20.5. The second-order valence-electron chi connectivity index (χ2n) is 6.47. The van der Waals surface area contributed by atoms with E-state index in [0.29, 0.717) is 11.8 Å². The lowest BCUT2D eigenvalue weighted by Crippen LogP contribution is -2.43. The maximum Gasteiger partial charge on any atom is 0.269 e. The molecule has 0 aromatic heterocycles. The number of benzene rings is 2. The van der Waals surface area contributed by atoms with Gasteiger partial charge in [-0.25, -0.2) is 0 Å². The summed E-state index contributed by atoms with van der Waals surface area (Å²) in [5, 5.41) is 20.6. The Bertz CT molecular complexity index is 800. The number of hydrogen-bond donors (Lipinski definition) is 0. The number of nitro benzene ring substituents is 2.